The van der Waals surface area contributed by atoms with E-state index in [4.69, 9.17) is 4.74 Å². The molecule has 0 bridgehead atoms. The Kier molecular flexibility index (Phi) is 5.15. The van der Waals surface area contributed by atoms with Gasteiger partial charge in [-0.25, -0.2) is 4.39 Å². The molecule has 0 radical (unpaired) electrons. The molecular weight excluding hydrogens is 257 g/mol. The van der Waals surface area contributed by atoms with Crippen LogP contribution in [0.2, 0.25) is 0 Å². The molecule has 0 saturated carbocycles. The fraction of sp³-hybridized carbons (Fsp3) is 0.562. The first kappa shape index (κ1) is 16.5. The second-order valence-electron chi connectivity index (χ2n) is 6.89. The molecular formula is C16H24FNO2. The first-order chi connectivity index (χ1) is 9.09. The molecule has 0 unspecified atom stereocenters. The molecule has 1 aromatic carbocycles. The van der Waals surface area contributed by atoms with Gasteiger partial charge < -0.3 is 10.1 Å². The molecule has 0 spiro atoms. The van der Waals surface area contributed by atoms with E-state index in [0.29, 0.717) is 0 Å². The lowest BCUT2D eigenvalue weighted by molar-refractivity contribution is -0.125. The van der Waals surface area contributed by atoms with Gasteiger partial charge in [0.1, 0.15) is 0 Å². The van der Waals surface area contributed by atoms with Crippen LogP contribution in [0.5, 0.6) is 5.75 Å². The van der Waals surface area contributed by atoms with Crippen LogP contribution in [0.15, 0.2) is 24.3 Å². The Morgan fingerprint density at radius 2 is 1.80 bits per heavy atom. The second-order valence-corrected chi connectivity index (χ2v) is 6.89. The molecule has 0 aromatic heterocycles. The van der Waals surface area contributed by atoms with Crippen molar-refractivity contribution in [3.8, 4) is 5.75 Å². The maximum atomic E-state index is 13.3. The minimum absolute atomic E-state index is 0.0938. The predicted octanol–water partition coefficient (Wildman–Crippen LogP) is 3.54. The van der Waals surface area contributed by atoms with Gasteiger partial charge in [0.2, 0.25) is 0 Å². The van der Waals surface area contributed by atoms with Gasteiger partial charge in [0.05, 0.1) is 0 Å². The van der Waals surface area contributed by atoms with Gasteiger partial charge in [0, 0.05) is 5.54 Å². The zero-order chi connectivity index (χ0) is 15.4. The molecule has 3 nitrogen and oxygen atoms in total. The van der Waals surface area contributed by atoms with E-state index in [1.165, 1.54) is 12.1 Å². The van der Waals surface area contributed by atoms with Crippen LogP contribution >= 0.6 is 0 Å². The Morgan fingerprint density at radius 1 is 1.20 bits per heavy atom. The molecule has 0 fully saturated rings. The average Bonchev–Trinajstić information content (AvgIpc) is 2.23. The summed E-state index contributed by atoms with van der Waals surface area (Å²) in [5.74, 6) is -0.618. The number of benzene rings is 1. The third kappa shape index (κ3) is 6.04. The Labute approximate surface area is 120 Å². The number of ether oxygens (including phenoxy) is 1. The molecule has 0 atom stereocenters. The molecule has 0 aliphatic heterocycles. The summed E-state index contributed by atoms with van der Waals surface area (Å²) in [6.45, 7) is 10.1. The first-order valence-corrected chi connectivity index (χ1v) is 6.77. The minimum atomic E-state index is -0.464. The summed E-state index contributed by atoms with van der Waals surface area (Å²) in [5, 5.41) is 2.92. The highest BCUT2D eigenvalue weighted by Gasteiger charge is 2.27. The lowest BCUT2D eigenvalue weighted by atomic mass is 9.82. The van der Waals surface area contributed by atoms with E-state index in [1.54, 1.807) is 12.1 Å². The maximum absolute atomic E-state index is 13.3. The third-order valence-corrected chi connectivity index (χ3v) is 2.65. The number of amides is 1. The van der Waals surface area contributed by atoms with Gasteiger partial charge in [-0.05, 0) is 37.8 Å². The summed E-state index contributed by atoms with van der Waals surface area (Å²) in [6, 6.07) is 6.05. The molecule has 1 N–H and O–H groups in total. The van der Waals surface area contributed by atoms with Crippen molar-refractivity contribution in [2.45, 2.75) is 46.6 Å². The van der Waals surface area contributed by atoms with Gasteiger partial charge in [-0.1, -0.05) is 32.9 Å². The molecule has 20 heavy (non-hydrogen) atoms. The summed E-state index contributed by atoms with van der Waals surface area (Å²) >= 11 is 0. The van der Waals surface area contributed by atoms with Crippen LogP contribution in [0.3, 0.4) is 0 Å². The molecule has 4 heteroatoms. The number of nitrogens with one attached hydrogen (secondary N) is 1. The fourth-order valence-corrected chi connectivity index (χ4v) is 2.49. The quantitative estimate of drug-likeness (QED) is 0.896. The highest BCUT2D eigenvalue weighted by atomic mass is 19.1. The van der Waals surface area contributed by atoms with Crippen LogP contribution in [0.1, 0.15) is 41.0 Å². The van der Waals surface area contributed by atoms with Crippen LogP contribution < -0.4 is 10.1 Å². The lowest BCUT2D eigenvalue weighted by Crippen LogP contribution is -2.47. The molecule has 0 saturated heterocycles. The number of hydrogen-bond acceptors (Lipinski definition) is 2. The number of para-hydroxylation sites is 1. The maximum Gasteiger partial charge on any atom is 0.258 e. The van der Waals surface area contributed by atoms with E-state index in [-0.39, 0.29) is 29.2 Å². The lowest BCUT2D eigenvalue weighted by Gasteiger charge is -2.33. The molecule has 1 amide bonds. The summed E-state index contributed by atoms with van der Waals surface area (Å²) in [5.41, 5.74) is -0.211. The van der Waals surface area contributed by atoms with Gasteiger partial charge in [-0.3, -0.25) is 4.79 Å². The van der Waals surface area contributed by atoms with Crippen LogP contribution in [0.4, 0.5) is 4.39 Å². The summed E-state index contributed by atoms with van der Waals surface area (Å²) in [4.78, 5) is 11.9. The van der Waals surface area contributed by atoms with E-state index >= 15 is 0 Å². The molecule has 1 aromatic rings. The summed E-state index contributed by atoms with van der Waals surface area (Å²) in [7, 11) is 0. The SMILES string of the molecule is CC(C)(C)CC(C)(C)NC(=O)COc1ccccc1F. The Hall–Kier alpha value is -1.58. The standard InChI is InChI=1S/C16H24FNO2/c1-15(2,3)11-16(4,5)18-14(19)10-20-13-9-7-6-8-12(13)17/h6-9H,10-11H2,1-5H3,(H,18,19). The highest BCUT2D eigenvalue weighted by Crippen LogP contribution is 2.26. The Morgan fingerprint density at radius 3 is 2.35 bits per heavy atom. The van der Waals surface area contributed by atoms with E-state index in [9.17, 15) is 9.18 Å². The van der Waals surface area contributed by atoms with E-state index in [0.717, 1.165) is 6.42 Å². The average molecular weight is 281 g/mol. The molecule has 1 rings (SSSR count). The topological polar surface area (TPSA) is 38.3 Å². The van der Waals surface area contributed by atoms with Gasteiger partial charge in [0.15, 0.2) is 18.2 Å². The van der Waals surface area contributed by atoms with Crippen molar-refractivity contribution >= 4 is 5.91 Å². The largest absolute Gasteiger partial charge is 0.481 e. The van der Waals surface area contributed by atoms with Crippen molar-refractivity contribution in [3.05, 3.63) is 30.1 Å². The minimum Gasteiger partial charge on any atom is -0.481 e. The number of hydrogen-bond donors (Lipinski definition) is 1. The number of halogens is 1. The van der Waals surface area contributed by atoms with E-state index < -0.39 is 5.82 Å². The van der Waals surface area contributed by atoms with E-state index in [2.05, 4.69) is 26.1 Å². The number of carbonyl (C=O) groups excluding carboxylic acids is 1. The summed E-state index contributed by atoms with van der Waals surface area (Å²) < 4.78 is 18.5. The predicted molar refractivity (Wildman–Crippen MR) is 78.2 cm³/mol. The highest BCUT2D eigenvalue weighted by molar-refractivity contribution is 5.78. The van der Waals surface area contributed by atoms with Crippen LogP contribution in [-0.2, 0) is 4.79 Å². The smallest absolute Gasteiger partial charge is 0.258 e. The molecule has 0 aliphatic carbocycles. The summed E-state index contributed by atoms with van der Waals surface area (Å²) in [6.07, 6.45) is 0.839. The second kappa shape index (κ2) is 6.25. The number of carbonyl (C=O) groups is 1. The Bertz CT molecular complexity index is 464. The van der Waals surface area contributed by atoms with Gasteiger partial charge in [0.25, 0.3) is 5.91 Å². The molecule has 0 aliphatic rings. The fourth-order valence-electron chi connectivity index (χ4n) is 2.49. The van der Waals surface area contributed by atoms with E-state index in [1.807, 2.05) is 13.8 Å². The van der Waals surface area contributed by atoms with Crippen molar-refractivity contribution in [3.63, 3.8) is 0 Å². The monoisotopic (exact) mass is 281 g/mol. The molecule has 112 valence electrons. The zero-order valence-corrected chi connectivity index (χ0v) is 12.9. The van der Waals surface area contributed by atoms with Crippen molar-refractivity contribution in [1.82, 2.24) is 5.32 Å². The van der Waals surface area contributed by atoms with Gasteiger partial charge in [-0.15, -0.1) is 0 Å². The number of rotatable bonds is 5. The van der Waals surface area contributed by atoms with Crippen molar-refractivity contribution < 1.29 is 13.9 Å². The van der Waals surface area contributed by atoms with Crippen LogP contribution in [-0.4, -0.2) is 18.1 Å². The van der Waals surface area contributed by atoms with Crippen molar-refractivity contribution in [1.29, 1.82) is 0 Å². The van der Waals surface area contributed by atoms with Crippen molar-refractivity contribution in [2.24, 2.45) is 5.41 Å². The van der Waals surface area contributed by atoms with Crippen molar-refractivity contribution in [2.75, 3.05) is 6.61 Å². The molecule has 0 heterocycles. The zero-order valence-electron chi connectivity index (χ0n) is 12.9. The van der Waals surface area contributed by atoms with Gasteiger partial charge in [-0.2, -0.15) is 0 Å². The first-order valence-electron chi connectivity index (χ1n) is 6.77. The third-order valence-electron chi connectivity index (χ3n) is 2.65. The van der Waals surface area contributed by atoms with Gasteiger partial charge >= 0.3 is 0 Å². The normalized spacial score (nSPS) is 12.1. The Balaban J connectivity index is 2.50. The van der Waals surface area contributed by atoms with Crippen LogP contribution in [0.25, 0.3) is 0 Å². The van der Waals surface area contributed by atoms with Crippen LogP contribution in [0, 0.1) is 11.2 Å².